The van der Waals surface area contributed by atoms with Crippen molar-refractivity contribution in [3.8, 4) is 0 Å². The number of H-pyrrole nitrogens is 1. The topological polar surface area (TPSA) is 139 Å². The Balaban J connectivity index is 1.42. The van der Waals surface area contributed by atoms with E-state index in [0.29, 0.717) is 23.3 Å². The number of anilines is 1. The normalized spacial score (nSPS) is 19.4. The van der Waals surface area contributed by atoms with Crippen LogP contribution in [0, 0.1) is 0 Å². The molecular weight excluding hydrogens is 384 g/mol. The summed E-state index contributed by atoms with van der Waals surface area (Å²) < 4.78 is 1.76. The maximum absolute atomic E-state index is 13.1. The van der Waals surface area contributed by atoms with Crippen LogP contribution in [0.15, 0.2) is 30.9 Å². The number of rotatable bonds is 3. The molecule has 3 aromatic heterocycles. The zero-order valence-corrected chi connectivity index (χ0v) is 16.6. The van der Waals surface area contributed by atoms with Gasteiger partial charge in [-0.1, -0.05) is 13.8 Å². The van der Waals surface area contributed by atoms with Crippen molar-refractivity contribution in [1.29, 1.82) is 0 Å². The van der Waals surface area contributed by atoms with Crippen LogP contribution in [0.5, 0.6) is 0 Å². The quantitative estimate of drug-likeness (QED) is 0.468. The molecule has 1 fully saturated rings. The second-order valence-electron chi connectivity index (χ2n) is 7.94. The van der Waals surface area contributed by atoms with E-state index in [0.717, 1.165) is 16.9 Å². The number of nitrogens with zero attached hydrogens (tertiary/aromatic N) is 6. The molecule has 1 saturated heterocycles. The molecule has 0 unspecified atom stereocenters. The first-order valence-electron chi connectivity index (χ1n) is 9.82. The Morgan fingerprint density at radius 3 is 2.90 bits per heavy atom. The van der Waals surface area contributed by atoms with Crippen LogP contribution in [0.25, 0.3) is 22.2 Å². The number of benzene rings is 1. The third-order valence-electron chi connectivity index (χ3n) is 5.58. The molecular formula is C20H22N8O2. The Labute approximate surface area is 171 Å². The van der Waals surface area contributed by atoms with Crippen molar-refractivity contribution in [1.82, 2.24) is 34.4 Å². The van der Waals surface area contributed by atoms with Crippen LogP contribution < -0.4 is 5.73 Å². The highest BCUT2D eigenvalue weighted by Gasteiger charge is 2.36. The summed E-state index contributed by atoms with van der Waals surface area (Å²) in [5.74, 6) is 1.30. The molecule has 4 N–H and O–H groups in total. The maximum atomic E-state index is 13.1. The SMILES string of the molecule is CC(C)c1nc2ccc(C(=O)N3C[C@@H](O)[C@H](n4cnc5c(N)ncnc54)C3)cc2[nH]1. The molecule has 1 amide bonds. The minimum atomic E-state index is -0.744. The molecule has 1 aliphatic heterocycles. The predicted molar refractivity (Wildman–Crippen MR) is 111 cm³/mol. The van der Waals surface area contributed by atoms with Crippen molar-refractivity contribution >= 4 is 33.9 Å². The minimum absolute atomic E-state index is 0.141. The second kappa shape index (κ2) is 6.77. The van der Waals surface area contributed by atoms with Gasteiger partial charge in [0.2, 0.25) is 0 Å². The highest BCUT2D eigenvalue weighted by molar-refractivity contribution is 5.97. The number of nitrogen functional groups attached to an aromatic ring is 1. The van der Waals surface area contributed by atoms with E-state index in [9.17, 15) is 9.90 Å². The number of carbonyl (C=O) groups is 1. The predicted octanol–water partition coefficient (Wildman–Crippen LogP) is 1.47. The molecule has 4 heterocycles. The summed E-state index contributed by atoms with van der Waals surface area (Å²) in [4.78, 5) is 35.0. The van der Waals surface area contributed by atoms with Crippen molar-refractivity contribution in [2.75, 3.05) is 18.8 Å². The highest BCUT2D eigenvalue weighted by atomic mass is 16.3. The molecule has 30 heavy (non-hydrogen) atoms. The van der Waals surface area contributed by atoms with Crippen LogP contribution in [-0.4, -0.2) is 64.6 Å². The smallest absolute Gasteiger partial charge is 0.254 e. The summed E-state index contributed by atoms with van der Waals surface area (Å²) in [6.45, 7) is 4.69. The first-order chi connectivity index (χ1) is 14.4. The van der Waals surface area contributed by atoms with E-state index in [1.807, 2.05) is 12.1 Å². The van der Waals surface area contributed by atoms with E-state index < -0.39 is 6.10 Å². The van der Waals surface area contributed by atoms with Crippen molar-refractivity contribution in [2.45, 2.75) is 31.9 Å². The lowest BCUT2D eigenvalue weighted by molar-refractivity contribution is 0.0765. The largest absolute Gasteiger partial charge is 0.389 e. The van der Waals surface area contributed by atoms with E-state index in [1.165, 1.54) is 6.33 Å². The summed E-state index contributed by atoms with van der Waals surface area (Å²) in [7, 11) is 0. The summed E-state index contributed by atoms with van der Waals surface area (Å²) in [5.41, 5.74) is 9.10. The van der Waals surface area contributed by atoms with Crippen molar-refractivity contribution in [3.63, 3.8) is 0 Å². The van der Waals surface area contributed by atoms with Crippen LogP contribution in [0.4, 0.5) is 5.82 Å². The monoisotopic (exact) mass is 406 g/mol. The number of hydrogen-bond donors (Lipinski definition) is 3. The lowest BCUT2D eigenvalue weighted by atomic mass is 10.2. The Morgan fingerprint density at radius 2 is 2.10 bits per heavy atom. The molecule has 4 aromatic rings. The Kier molecular flexibility index (Phi) is 4.17. The van der Waals surface area contributed by atoms with Gasteiger partial charge in [0, 0.05) is 24.6 Å². The fourth-order valence-electron chi connectivity index (χ4n) is 3.94. The van der Waals surface area contributed by atoms with Gasteiger partial charge in [0.1, 0.15) is 17.7 Å². The molecule has 2 atom stereocenters. The number of β-amino-alcohol motifs (C(OH)–C–C–N with tert-alkyl or cyclic N) is 1. The molecule has 0 spiro atoms. The van der Waals surface area contributed by atoms with Crippen LogP contribution in [0.2, 0.25) is 0 Å². The first-order valence-corrected chi connectivity index (χ1v) is 9.82. The van der Waals surface area contributed by atoms with Gasteiger partial charge in [-0.05, 0) is 18.2 Å². The molecule has 1 aliphatic rings. The van der Waals surface area contributed by atoms with E-state index in [4.69, 9.17) is 5.73 Å². The number of nitrogens with two attached hydrogens (primary N) is 1. The van der Waals surface area contributed by atoms with Gasteiger partial charge in [0.25, 0.3) is 5.91 Å². The molecule has 0 bridgehead atoms. The van der Waals surface area contributed by atoms with Crippen molar-refractivity contribution in [3.05, 3.63) is 42.2 Å². The number of nitrogens with one attached hydrogen (secondary N) is 1. The average Bonchev–Trinajstić information content (AvgIpc) is 3.43. The number of amides is 1. The van der Waals surface area contributed by atoms with Crippen molar-refractivity contribution in [2.24, 2.45) is 0 Å². The van der Waals surface area contributed by atoms with Gasteiger partial charge in [-0.15, -0.1) is 0 Å². The molecule has 1 aromatic carbocycles. The number of likely N-dealkylation sites (tertiary alicyclic amines) is 1. The summed E-state index contributed by atoms with van der Waals surface area (Å²) in [6.07, 6.45) is 2.21. The lowest BCUT2D eigenvalue weighted by Gasteiger charge is -2.17. The van der Waals surface area contributed by atoms with Crippen LogP contribution >= 0.6 is 0 Å². The van der Waals surface area contributed by atoms with E-state index in [2.05, 4.69) is 38.8 Å². The van der Waals surface area contributed by atoms with E-state index in [-0.39, 0.29) is 30.2 Å². The number of carbonyl (C=O) groups excluding carboxylic acids is 1. The number of aliphatic hydroxyl groups is 1. The van der Waals surface area contributed by atoms with Gasteiger partial charge in [0.05, 0.1) is 29.5 Å². The molecule has 0 saturated carbocycles. The third kappa shape index (κ3) is 2.88. The number of fused-ring (bicyclic) bond motifs is 2. The molecule has 0 radical (unpaired) electrons. The fourth-order valence-corrected chi connectivity index (χ4v) is 3.94. The Hall–Kier alpha value is -3.53. The van der Waals surface area contributed by atoms with E-state index in [1.54, 1.807) is 21.9 Å². The van der Waals surface area contributed by atoms with Crippen LogP contribution in [0.3, 0.4) is 0 Å². The summed E-state index contributed by atoms with van der Waals surface area (Å²) in [5, 5.41) is 10.7. The van der Waals surface area contributed by atoms with E-state index >= 15 is 0 Å². The van der Waals surface area contributed by atoms with Gasteiger partial charge < -0.3 is 25.3 Å². The third-order valence-corrected chi connectivity index (χ3v) is 5.58. The fraction of sp³-hybridized carbons (Fsp3) is 0.350. The molecule has 0 aliphatic carbocycles. The maximum Gasteiger partial charge on any atom is 0.254 e. The molecule has 5 rings (SSSR count). The van der Waals surface area contributed by atoms with Gasteiger partial charge >= 0.3 is 0 Å². The lowest BCUT2D eigenvalue weighted by Crippen LogP contribution is -2.29. The number of aliphatic hydroxyl groups excluding tert-OH is 1. The van der Waals surface area contributed by atoms with Gasteiger partial charge in [-0.25, -0.2) is 19.9 Å². The van der Waals surface area contributed by atoms with Crippen LogP contribution in [0.1, 0.15) is 42.0 Å². The molecule has 10 heteroatoms. The number of imidazole rings is 2. The summed E-state index contributed by atoms with van der Waals surface area (Å²) >= 11 is 0. The van der Waals surface area contributed by atoms with Gasteiger partial charge in [-0.2, -0.15) is 0 Å². The van der Waals surface area contributed by atoms with Gasteiger partial charge in [0.15, 0.2) is 11.5 Å². The Morgan fingerprint density at radius 1 is 1.27 bits per heavy atom. The summed E-state index contributed by atoms with van der Waals surface area (Å²) in [6, 6.07) is 5.07. The Bertz CT molecular complexity index is 1260. The first kappa shape index (κ1) is 18.5. The number of aromatic nitrogens is 6. The second-order valence-corrected chi connectivity index (χ2v) is 7.94. The number of aromatic amines is 1. The zero-order valence-electron chi connectivity index (χ0n) is 16.6. The average molecular weight is 406 g/mol. The minimum Gasteiger partial charge on any atom is -0.389 e. The highest BCUT2D eigenvalue weighted by Crippen LogP contribution is 2.28. The number of hydrogen-bond acceptors (Lipinski definition) is 7. The van der Waals surface area contributed by atoms with Crippen LogP contribution in [-0.2, 0) is 0 Å². The zero-order chi connectivity index (χ0) is 21.0. The van der Waals surface area contributed by atoms with Gasteiger partial charge in [-0.3, -0.25) is 4.79 Å². The van der Waals surface area contributed by atoms with Crippen molar-refractivity contribution < 1.29 is 9.90 Å². The standard InChI is InChI=1S/C20H22N8O2/c1-10(2)18-25-12-4-3-11(5-13(12)26-18)20(30)27-6-14(15(29)7-27)28-9-24-16-17(21)22-8-23-19(16)28/h3-5,8-10,14-15,29H,6-7H2,1-2H3,(H,25,26)(H2,21,22,23)/t14-,15-/m1/s1. The molecule has 10 nitrogen and oxygen atoms in total. The molecule has 154 valence electrons.